The van der Waals surface area contributed by atoms with Crippen molar-refractivity contribution in [2.75, 3.05) is 31.1 Å². The number of carbonyl (C=O) groups excluding carboxylic acids is 1. The van der Waals surface area contributed by atoms with E-state index in [9.17, 15) is 13.2 Å². The minimum absolute atomic E-state index is 0.0928. The summed E-state index contributed by atoms with van der Waals surface area (Å²) in [4.78, 5) is 13.3. The van der Waals surface area contributed by atoms with Crippen molar-refractivity contribution >= 4 is 32.4 Å². The van der Waals surface area contributed by atoms with Crippen LogP contribution in [0.25, 0.3) is 10.8 Å². The molecule has 214 valence electrons. The van der Waals surface area contributed by atoms with Gasteiger partial charge in [-0.15, -0.1) is 0 Å². The molecule has 0 aliphatic carbocycles. The lowest BCUT2D eigenvalue weighted by molar-refractivity contribution is -0.127. The van der Waals surface area contributed by atoms with Gasteiger partial charge in [0.15, 0.2) is 6.10 Å². The second-order valence-electron chi connectivity index (χ2n) is 10.9. The van der Waals surface area contributed by atoms with Gasteiger partial charge in [0.1, 0.15) is 23.9 Å². The zero-order valence-electron chi connectivity index (χ0n) is 23.6. The van der Waals surface area contributed by atoms with Crippen LogP contribution in [-0.4, -0.2) is 47.2 Å². The van der Waals surface area contributed by atoms with Gasteiger partial charge in [0.25, 0.3) is 15.9 Å². The molecule has 1 atom stereocenters. The van der Waals surface area contributed by atoms with Crippen molar-refractivity contribution in [1.29, 1.82) is 0 Å². The Morgan fingerprint density at radius 3 is 2.37 bits per heavy atom. The van der Waals surface area contributed by atoms with Crippen LogP contribution < -0.4 is 23.8 Å². The molecule has 5 rings (SSSR count). The molecule has 9 heteroatoms. The maximum absolute atomic E-state index is 13.9. The van der Waals surface area contributed by atoms with Crippen LogP contribution >= 0.6 is 0 Å². The summed E-state index contributed by atoms with van der Waals surface area (Å²) in [6.45, 7) is 6.46. The summed E-state index contributed by atoms with van der Waals surface area (Å²) >= 11 is 0. The number of benzene rings is 4. The standard InChI is InChI=1S/C32H34N2O6S/c1-32(2,3)24-10-16-29-28(20-24)34(41(36,37)27-14-12-25(38-4)13-15-27)21-30(40-29)31(35)33-17-18-39-26-11-9-22-7-5-6-8-23(22)19-26/h5-16,19-20,30H,17-18,21H2,1-4H3,(H,33,35)/t30-/m1/s1. The number of anilines is 1. The molecule has 0 fully saturated rings. The van der Waals surface area contributed by atoms with Crippen LogP contribution in [0, 0.1) is 0 Å². The maximum Gasteiger partial charge on any atom is 0.264 e. The topological polar surface area (TPSA) is 94.2 Å². The highest BCUT2D eigenvalue weighted by molar-refractivity contribution is 7.92. The van der Waals surface area contributed by atoms with Crippen LogP contribution in [0.5, 0.6) is 17.2 Å². The molecule has 1 N–H and O–H groups in total. The van der Waals surface area contributed by atoms with Crippen LogP contribution in [0.3, 0.4) is 0 Å². The quantitative estimate of drug-likeness (QED) is 0.287. The second kappa shape index (κ2) is 11.3. The van der Waals surface area contributed by atoms with E-state index >= 15 is 0 Å². The summed E-state index contributed by atoms with van der Waals surface area (Å²) in [5.41, 5.74) is 1.13. The van der Waals surface area contributed by atoms with Crippen LogP contribution in [0.2, 0.25) is 0 Å². The Labute approximate surface area is 240 Å². The van der Waals surface area contributed by atoms with Gasteiger partial charge in [-0.2, -0.15) is 0 Å². The number of amides is 1. The Kier molecular flexibility index (Phi) is 7.82. The second-order valence-corrected chi connectivity index (χ2v) is 12.8. The fourth-order valence-electron chi connectivity index (χ4n) is 4.67. The number of sulfonamides is 1. The lowest BCUT2D eigenvalue weighted by atomic mass is 9.86. The Morgan fingerprint density at radius 1 is 0.951 bits per heavy atom. The third-order valence-corrected chi connectivity index (χ3v) is 8.82. The first-order valence-electron chi connectivity index (χ1n) is 13.4. The number of fused-ring (bicyclic) bond motifs is 2. The molecule has 0 aromatic heterocycles. The predicted molar refractivity (Wildman–Crippen MR) is 160 cm³/mol. The van der Waals surface area contributed by atoms with Crippen molar-refractivity contribution in [2.24, 2.45) is 0 Å². The van der Waals surface area contributed by atoms with Gasteiger partial charge in [-0.1, -0.05) is 57.2 Å². The highest BCUT2D eigenvalue weighted by atomic mass is 32.2. The highest BCUT2D eigenvalue weighted by Gasteiger charge is 2.38. The number of carbonyl (C=O) groups is 1. The van der Waals surface area contributed by atoms with Gasteiger partial charge < -0.3 is 19.5 Å². The largest absolute Gasteiger partial charge is 0.497 e. The molecule has 0 radical (unpaired) electrons. The Balaban J connectivity index is 1.33. The van der Waals surface area contributed by atoms with Crippen molar-refractivity contribution in [3.63, 3.8) is 0 Å². The molecule has 8 nitrogen and oxygen atoms in total. The van der Waals surface area contributed by atoms with Crippen molar-refractivity contribution in [2.45, 2.75) is 37.2 Å². The van der Waals surface area contributed by atoms with E-state index < -0.39 is 22.0 Å². The predicted octanol–water partition coefficient (Wildman–Crippen LogP) is 5.30. The molecule has 0 spiro atoms. The van der Waals surface area contributed by atoms with E-state index in [2.05, 4.69) is 26.1 Å². The molecule has 0 unspecified atom stereocenters. The highest BCUT2D eigenvalue weighted by Crippen LogP contribution is 2.40. The molecular weight excluding hydrogens is 540 g/mol. The molecule has 41 heavy (non-hydrogen) atoms. The van der Waals surface area contributed by atoms with Gasteiger partial charge in [0, 0.05) is 0 Å². The molecule has 4 aromatic carbocycles. The lowest BCUT2D eigenvalue weighted by Crippen LogP contribution is -2.51. The first-order valence-corrected chi connectivity index (χ1v) is 14.9. The fourth-order valence-corrected chi connectivity index (χ4v) is 6.14. The van der Waals surface area contributed by atoms with Gasteiger partial charge in [-0.3, -0.25) is 9.10 Å². The number of rotatable bonds is 8. The van der Waals surface area contributed by atoms with Gasteiger partial charge >= 0.3 is 0 Å². The fraction of sp³-hybridized carbons (Fsp3) is 0.281. The van der Waals surface area contributed by atoms with Gasteiger partial charge in [0.05, 0.1) is 30.8 Å². The number of ether oxygens (including phenoxy) is 3. The first kappa shape index (κ1) is 28.3. The third kappa shape index (κ3) is 6.10. The third-order valence-electron chi connectivity index (χ3n) is 7.03. The Morgan fingerprint density at radius 2 is 1.66 bits per heavy atom. The number of hydrogen-bond acceptors (Lipinski definition) is 6. The van der Waals surface area contributed by atoms with E-state index in [1.165, 1.54) is 23.5 Å². The van der Waals surface area contributed by atoms with Crippen LogP contribution in [-0.2, 0) is 20.2 Å². The van der Waals surface area contributed by atoms with Crippen LogP contribution in [0.1, 0.15) is 26.3 Å². The normalized spacial score (nSPS) is 15.1. The molecule has 0 saturated heterocycles. The first-order chi connectivity index (χ1) is 19.6. The summed E-state index contributed by atoms with van der Waals surface area (Å²) in [5, 5.41) is 5.01. The van der Waals surface area contributed by atoms with Gasteiger partial charge in [0.2, 0.25) is 0 Å². The zero-order valence-corrected chi connectivity index (χ0v) is 24.4. The molecule has 1 amide bonds. The SMILES string of the molecule is COc1ccc(S(=O)(=O)N2C[C@H](C(=O)NCCOc3ccc4ccccc4c3)Oc3ccc(C(C)(C)C)cc32)cc1. The number of nitrogens with one attached hydrogen (secondary N) is 1. The average Bonchev–Trinajstić information content (AvgIpc) is 2.97. The summed E-state index contributed by atoms with van der Waals surface area (Å²) in [6, 6.07) is 25.5. The van der Waals surface area contributed by atoms with Gasteiger partial charge in [-0.25, -0.2) is 8.42 Å². The van der Waals surface area contributed by atoms with Crippen LogP contribution in [0.15, 0.2) is 89.8 Å². The van der Waals surface area contributed by atoms with Crippen molar-refractivity contribution in [3.05, 3.63) is 90.5 Å². The number of nitrogens with zero attached hydrogens (tertiary/aromatic N) is 1. The Bertz CT molecular complexity index is 1660. The smallest absolute Gasteiger partial charge is 0.264 e. The van der Waals surface area contributed by atoms with E-state index in [0.717, 1.165) is 16.3 Å². The van der Waals surface area contributed by atoms with E-state index in [4.69, 9.17) is 14.2 Å². The molecule has 1 heterocycles. The van der Waals surface area contributed by atoms with Crippen LogP contribution in [0.4, 0.5) is 5.69 Å². The summed E-state index contributed by atoms with van der Waals surface area (Å²) < 4.78 is 46.1. The molecule has 1 aliphatic rings. The molecule has 0 bridgehead atoms. The maximum atomic E-state index is 13.9. The van der Waals surface area contributed by atoms with Crippen molar-refractivity contribution in [3.8, 4) is 17.2 Å². The van der Waals surface area contributed by atoms with Crippen molar-refractivity contribution in [1.82, 2.24) is 5.32 Å². The summed E-state index contributed by atoms with van der Waals surface area (Å²) in [6.07, 6.45) is -1.04. The number of hydrogen-bond donors (Lipinski definition) is 1. The molecule has 0 saturated carbocycles. The van der Waals surface area contributed by atoms with Gasteiger partial charge in [-0.05, 0) is 70.3 Å². The summed E-state index contributed by atoms with van der Waals surface area (Å²) in [7, 11) is -2.50. The molecule has 4 aromatic rings. The number of methoxy groups -OCH3 is 1. The van der Waals surface area contributed by atoms with E-state index in [1.807, 2.05) is 54.6 Å². The zero-order chi connectivity index (χ0) is 29.2. The lowest BCUT2D eigenvalue weighted by Gasteiger charge is -2.36. The minimum atomic E-state index is -4.02. The van der Waals surface area contributed by atoms with E-state index in [0.29, 0.717) is 22.9 Å². The average molecular weight is 575 g/mol. The van der Waals surface area contributed by atoms with Crippen molar-refractivity contribution < 1.29 is 27.4 Å². The van der Waals surface area contributed by atoms with E-state index in [1.54, 1.807) is 18.2 Å². The Hall–Kier alpha value is -4.24. The summed E-state index contributed by atoms with van der Waals surface area (Å²) in [5.74, 6) is 1.15. The van der Waals surface area contributed by atoms with E-state index in [-0.39, 0.29) is 30.0 Å². The minimum Gasteiger partial charge on any atom is -0.497 e. The molecule has 1 aliphatic heterocycles. The monoisotopic (exact) mass is 574 g/mol. The molecular formula is C32H34N2O6S.